The van der Waals surface area contributed by atoms with Crippen molar-refractivity contribution in [3.8, 4) is 0 Å². The second kappa shape index (κ2) is 8.60. The molecule has 1 aliphatic heterocycles. The molecule has 31 heavy (non-hydrogen) atoms. The Labute approximate surface area is 187 Å². The number of amides is 2. The van der Waals surface area contributed by atoms with Crippen LogP contribution in [0.25, 0.3) is 0 Å². The van der Waals surface area contributed by atoms with Crippen LogP contribution < -0.4 is 10.2 Å². The third kappa shape index (κ3) is 4.67. The third-order valence-corrected chi connectivity index (χ3v) is 6.56. The number of benzene rings is 3. The highest BCUT2D eigenvalue weighted by molar-refractivity contribution is 8.00. The quantitative estimate of drug-likeness (QED) is 0.551. The molecule has 1 atom stereocenters. The van der Waals surface area contributed by atoms with Gasteiger partial charge in [-0.25, -0.2) is 0 Å². The van der Waals surface area contributed by atoms with Gasteiger partial charge < -0.3 is 5.32 Å². The molecule has 1 aliphatic rings. The van der Waals surface area contributed by atoms with Gasteiger partial charge in [-0.3, -0.25) is 14.5 Å². The normalized spacial score (nSPS) is 16.4. The van der Waals surface area contributed by atoms with E-state index in [9.17, 15) is 9.59 Å². The van der Waals surface area contributed by atoms with E-state index < -0.39 is 0 Å². The lowest BCUT2D eigenvalue weighted by atomic mass is 9.87. The van der Waals surface area contributed by atoms with Gasteiger partial charge in [-0.1, -0.05) is 63.2 Å². The van der Waals surface area contributed by atoms with Gasteiger partial charge in [0.25, 0.3) is 5.91 Å². The Morgan fingerprint density at radius 3 is 2.35 bits per heavy atom. The zero-order valence-electron chi connectivity index (χ0n) is 18.0. The first-order valence-electron chi connectivity index (χ1n) is 10.3. The SMILES string of the molecule is CC(C)(C)c1ccc(N2C(=O)CS[C@H]2c2cccc(NC(=O)c3ccccc3)c2)cc1. The van der Waals surface area contributed by atoms with E-state index in [0.717, 1.165) is 11.3 Å². The van der Waals surface area contributed by atoms with Crippen molar-refractivity contribution < 1.29 is 9.59 Å². The van der Waals surface area contributed by atoms with Gasteiger partial charge in [-0.05, 0) is 52.9 Å². The van der Waals surface area contributed by atoms with Gasteiger partial charge in [0.1, 0.15) is 5.37 Å². The first-order chi connectivity index (χ1) is 14.8. The summed E-state index contributed by atoms with van der Waals surface area (Å²) in [7, 11) is 0. The van der Waals surface area contributed by atoms with Crippen LogP contribution in [0.4, 0.5) is 11.4 Å². The van der Waals surface area contributed by atoms with E-state index in [4.69, 9.17) is 0 Å². The Balaban J connectivity index is 1.57. The fraction of sp³-hybridized carbons (Fsp3) is 0.231. The van der Waals surface area contributed by atoms with E-state index in [0.29, 0.717) is 17.0 Å². The highest BCUT2D eigenvalue weighted by Crippen LogP contribution is 2.42. The number of rotatable bonds is 4. The predicted octanol–water partition coefficient (Wildman–Crippen LogP) is 6.02. The zero-order chi connectivity index (χ0) is 22.0. The molecule has 3 aromatic rings. The van der Waals surface area contributed by atoms with E-state index in [-0.39, 0.29) is 22.6 Å². The van der Waals surface area contributed by atoms with Crippen molar-refractivity contribution in [3.63, 3.8) is 0 Å². The molecule has 5 heteroatoms. The summed E-state index contributed by atoms with van der Waals surface area (Å²) in [5, 5.41) is 2.84. The average molecular weight is 431 g/mol. The molecule has 0 unspecified atom stereocenters. The monoisotopic (exact) mass is 430 g/mol. The molecule has 158 valence electrons. The first-order valence-corrected chi connectivity index (χ1v) is 11.4. The van der Waals surface area contributed by atoms with Crippen LogP contribution in [-0.2, 0) is 10.2 Å². The minimum atomic E-state index is -0.150. The number of anilines is 2. The Morgan fingerprint density at radius 1 is 0.968 bits per heavy atom. The van der Waals surface area contributed by atoms with Crippen LogP contribution in [-0.4, -0.2) is 17.6 Å². The van der Waals surface area contributed by atoms with Crippen LogP contribution in [0.5, 0.6) is 0 Å². The van der Waals surface area contributed by atoms with Crippen molar-refractivity contribution in [1.82, 2.24) is 0 Å². The summed E-state index contributed by atoms with van der Waals surface area (Å²) in [6.07, 6.45) is 0. The zero-order valence-corrected chi connectivity index (χ0v) is 18.8. The molecule has 0 bridgehead atoms. The van der Waals surface area contributed by atoms with Crippen LogP contribution in [0, 0.1) is 0 Å². The molecule has 0 spiro atoms. The molecule has 1 N–H and O–H groups in total. The summed E-state index contributed by atoms with van der Waals surface area (Å²) < 4.78 is 0. The second-order valence-electron chi connectivity index (χ2n) is 8.67. The van der Waals surface area contributed by atoms with Crippen LogP contribution in [0.2, 0.25) is 0 Å². The Kier molecular flexibility index (Phi) is 5.88. The molecule has 1 fully saturated rings. The van der Waals surface area contributed by atoms with Crippen molar-refractivity contribution in [3.05, 3.63) is 95.6 Å². The lowest BCUT2D eigenvalue weighted by Gasteiger charge is -2.26. The fourth-order valence-corrected chi connectivity index (χ4v) is 4.80. The lowest BCUT2D eigenvalue weighted by molar-refractivity contribution is -0.115. The van der Waals surface area contributed by atoms with Crippen molar-refractivity contribution in [2.24, 2.45) is 0 Å². The predicted molar refractivity (Wildman–Crippen MR) is 129 cm³/mol. The number of carbonyl (C=O) groups is 2. The van der Waals surface area contributed by atoms with Crippen molar-refractivity contribution >= 4 is 35.0 Å². The third-order valence-electron chi connectivity index (χ3n) is 5.35. The van der Waals surface area contributed by atoms with Crippen LogP contribution >= 0.6 is 11.8 Å². The van der Waals surface area contributed by atoms with Crippen LogP contribution in [0.3, 0.4) is 0 Å². The summed E-state index contributed by atoms with van der Waals surface area (Å²) >= 11 is 1.60. The minimum Gasteiger partial charge on any atom is -0.322 e. The highest BCUT2D eigenvalue weighted by Gasteiger charge is 2.34. The lowest BCUT2D eigenvalue weighted by Crippen LogP contribution is -2.28. The number of hydrogen-bond acceptors (Lipinski definition) is 3. The molecule has 0 radical (unpaired) electrons. The molecule has 1 saturated heterocycles. The molecule has 4 nitrogen and oxygen atoms in total. The van der Waals surface area contributed by atoms with E-state index in [1.165, 1.54) is 5.56 Å². The first kappa shape index (κ1) is 21.2. The molecule has 3 aromatic carbocycles. The van der Waals surface area contributed by atoms with Gasteiger partial charge in [0.15, 0.2) is 0 Å². The van der Waals surface area contributed by atoms with Crippen molar-refractivity contribution in [2.45, 2.75) is 31.6 Å². The summed E-state index contributed by atoms with van der Waals surface area (Å²) in [4.78, 5) is 27.1. The number of nitrogens with zero attached hydrogens (tertiary/aromatic N) is 1. The van der Waals surface area contributed by atoms with Crippen LogP contribution in [0.1, 0.15) is 47.6 Å². The molecule has 2 amide bonds. The molecule has 1 heterocycles. The molecular formula is C26H26N2O2S. The molecule has 0 saturated carbocycles. The topological polar surface area (TPSA) is 49.4 Å². The number of thioether (sulfide) groups is 1. The highest BCUT2D eigenvalue weighted by atomic mass is 32.2. The minimum absolute atomic E-state index is 0.0625. The number of hydrogen-bond donors (Lipinski definition) is 1. The van der Waals surface area contributed by atoms with Gasteiger partial charge in [-0.2, -0.15) is 0 Å². The largest absolute Gasteiger partial charge is 0.322 e. The van der Waals surface area contributed by atoms with Crippen LogP contribution in [0.15, 0.2) is 78.9 Å². The van der Waals surface area contributed by atoms with Gasteiger partial charge in [-0.15, -0.1) is 11.8 Å². The van der Waals surface area contributed by atoms with Crippen molar-refractivity contribution in [2.75, 3.05) is 16.0 Å². The Hall–Kier alpha value is -3.05. The van der Waals surface area contributed by atoms with Gasteiger partial charge in [0.05, 0.1) is 5.75 Å². The summed E-state index contributed by atoms with van der Waals surface area (Å²) in [5.74, 6) is 0.381. The smallest absolute Gasteiger partial charge is 0.255 e. The summed E-state index contributed by atoms with van der Waals surface area (Å²) in [6, 6.07) is 25.1. The fourth-order valence-electron chi connectivity index (χ4n) is 3.63. The van der Waals surface area contributed by atoms with Gasteiger partial charge in [0.2, 0.25) is 5.91 Å². The van der Waals surface area contributed by atoms with E-state index in [2.05, 4.69) is 38.2 Å². The van der Waals surface area contributed by atoms with E-state index in [1.54, 1.807) is 23.9 Å². The molecule has 4 rings (SSSR count). The Bertz CT molecular complexity index is 1090. The molecular weight excluding hydrogens is 404 g/mol. The van der Waals surface area contributed by atoms with Gasteiger partial charge in [0, 0.05) is 16.9 Å². The van der Waals surface area contributed by atoms with Crippen molar-refractivity contribution in [1.29, 1.82) is 0 Å². The molecule has 0 aromatic heterocycles. The second-order valence-corrected chi connectivity index (χ2v) is 9.74. The standard InChI is InChI=1S/C26H26N2O2S/c1-26(2,3)20-12-14-22(15-13-20)28-23(29)17-31-25(28)19-10-7-11-21(16-19)27-24(30)18-8-5-4-6-9-18/h4-16,25H,17H2,1-3H3,(H,27,30)/t25-/m0/s1. The summed E-state index contributed by atoms with van der Waals surface area (Å²) in [6.45, 7) is 6.53. The number of nitrogens with one attached hydrogen (secondary N) is 1. The van der Waals surface area contributed by atoms with E-state index in [1.807, 2.05) is 59.5 Å². The van der Waals surface area contributed by atoms with Gasteiger partial charge >= 0.3 is 0 Å². The Morgan fingerprint density at radius 2 is 1.68 bits per heavy atom. The number of carbonyl (C=O) groups excluding carboxylic acids is 2. The maximum Gasteiger partial charge on any atom is 0.255 e. The average Bonchev–Trinajstić information content (AvgIpc) is 3.15. The maximum atomic E-state index is 12.7. The maximum absolute atomic E-state index is 12.7. The molecule has 0 aliphatic carbocycles. The summed E-state index contributed by atoms with van der Waals surface area (Å²) in [5.41, 5.74) is 4.51. The van der Waals surface area contributed by atoms with E-state index >= 15 is 0 Å².